The van der Waals surface area contributed by atoms with Gasteiger partial charge in [0.1, 0.15) is 10.6 Å². The highest BCUT2D eigenvalue weighted by Gasteiger charge is 2.50. The van der Waals surface area contributed by atoms with Crippen LogP contribution in [0.5, 0.6) is 5.75 Å². The van der Waals surface area contributed by atoms with E-state index in [1.54, 1.807) is 35.1 Å². The van der Waals surface area contributed by atoms with Crippen molar-refractivity contribution in [2.75, 3.05) is 19.4 Å². The summed E-state index contributed by atoms with van der Waals surface area (Å²) < 4.78 is 6.98. The summed E-state index contributed by atoms with van der Waals surface area (Å²) in [5.41, 5.74) is 1.98. The third kappa shape index (κ3) is 4.78. The molecule has 0 aliphatic heterocycles. The predicted octanol–water partition coefficient (Wildman–Crippen LogP) is 6.66. The maximum atomic E-state index is 14.1. The number of hydrogen-bond donors (Lipinski definition) is 1. The Morgan fingerprint density at radius 3 is 2.62 bits per heavy atom. The third-order valence-electron chi connectivity index (χ3n) is 9.85. The zero-order valence-electron chi connectivity index (χ0n) is 23.1. The number of hydrogen-bond acceptors (Lipinski definition) is 6. The van der Waals surface area contributed by atoms with E-state index in [4.69, 9.17) is 21.3 Å². The molecule has 4 saturated carbocycles. The topological polar surface area (TPSA) is 73.2 Å². The summed E-state index contributed by atoms with van der Waals surface area (Å²) in [6.45, 7) is 3.04. The Balaban J connectivity index is 1.17. The summed E-state index contributed by atoms with van der Waals surface area (Å²) in [4.78, 5) is 34.3. The zero-order valence-corrected chi connectivity index (χ0v) is 25.5. The van der Waals surface area contributed by atoms with Crippen molar-refractivity contribution in [3.63, 3.8) is 0 Å². The first kappa shape index (κ1) is 26.8. The molecule has 1 aromatic carbocycles. The van der Waals surface area contributed by atoms with Crippen LogP contribution in [0.3, 0.4) is 0 Å². The second kappa shape index (κ2) is 10.4. The lowest BCUT2D eigenvalue weighted by Crippen LogP contribution is -2.51. The number of nitrogens with zero attached hydrogens (tertiary/aromatic N) is 2. The average Bonchev–Trinajstić information content (AvgIpc) is 3.27. The molecule has 6 nitrogen and oxygen atoms in total. The number of ether oxygens (including phenoxy) is 1. The number of amides is 1. The highest BCUT2D eigenvalue weighted by atomic mass is 35.5. The predicted molar refractivity (Wildman–Crippen MR) is 162 cm³/mol. The van der Waals surface area contributed by atoms with Gasteiger partial charge in [0.25, 0.3) is 5.56 Å². The van der Waals surface area contributed by atoms with Crippen molar-refractivity contribution in [3.05, 3.63) is 44.0 Å². The van der Waals surface area contributed by atoms with Crippen LogP contribution in [0.15, 0.2) is 28.2 Å². The molecule has 8 rings (SSSR count). The minimum Gasteiger partial charge on any atom is -0.495 e. The van der Waals surface area contributed by atoms with Crippen LogP contribution in [-0.4, -0.2) is 34.9 Å². The van der Waals surface area contributed by atoms with Gasteiger partial charge in [-0.3, -0.25) is 14.2 Å². The van der Waals surface area contributed by atoms with Gasteiger partial charge in [-0.05, 0) is 111 Å². The van der Waals surface area contributed by atoms with E-state index in [1.165, 1.54) is 55.2 Å². The van der Waals surface area contributed by atoms with Gasteiger partial charge in [0.2, 0.25) is 5.91 Å². The van der Waals surface area contributed by atoms with E-state index in [0.717, 1.165) is 59.3 Å². The number of aromatic nitrogens is 2. The molecular weight excluding hydrogens is 562 g/mol. The van der Waals surface area contributed by atoms with E-state index < -0.39 is 0 Å². The molecule has 5 aliphatic rings. The smallest absolute Gasteiger partial charge is 0.267 e. The molecule has 0 spiro atoms. The zero-order chi connectivity index (χ0) is 27.6. The van der Waals surface area contributed by atoms with Crippen LogP contribution in [0.25, 0.3) is 15.9 Å². The molecule has 4 bridgehead atoms. The van der Waals surface area contributed by atoms with Gasteiger partial charge in [0.05, 0.1) is 29.0 Å². The lowest BCUT2D eigenvalue weighted by Gasteiger charge is -2.56. The summed E-state index contributed by atoms with van der Waals surface area (Å²) in [5.74, 6) is 3.96. The molecule has 0 unspecified atom stereocenters. The van der Waals surface area contributed by atoms with Gasteiger partial charge in [-0.15, -0.1) is 11.3 Å². The molecule has 212 valence electrons. The van der Waals surface area contributed by atoms with E-state index >= 15 is 0 Å². The summed E-state index contributed by atoms with van der Waals surface area (Å²) in [6.07, 6.45) is 11.0. The largest absolute Gasteiger partial charge is 0.495 e. The van der Waals surface area contributed by atoms with Crippen LogP contribution in [0, 0.1) is 29.1 Å². The molecule has 1 N–H and O–H groups in total. The summed E-state index contributed by atoms with van der Waals surface area (Å²) in [7, 11) is 1.57. The number of halogens is 1. The number of carbonyl (C=O) groups is 1. The first-order chi connectivity index (χ1) is 19.3. The maximum absolute atomic E-state index is 14.1. The van der Waals surface area contributed by atoms with E-state index in [-0.39, 0.29) is 17.2 Å². The van der Waals surface area contributed by atoms with Gasteiger partial charge in [-0.2, -0.15) is 0 Å². The molecule has 1 atom stereocenters. The van der Waals surface area contributed by atoms with Crippen molar-refractivity contribution >= 4 is 50.8 Å². The van der Waals surface area contributed by atoms with Crippen molar-refractivity contribution < 1.29 is 9.53 Å². The maximum Gasteiger partial charge on any atom is 0.267 e. The number of fused-ring (bicyclic) bond motifs is 3. The molecule has 2 heterocycles. The average molecular weight is 598 g/mol. The summed E-state index contributed by atoms with van der Waals surface area (Å²) >= 11 is 9.45. The monoisotopic (exact) mass is 597 g/mol. The Morgan fingerprint density at radius 2 is 1.95 bits per heavy atom. The van der Waals surface area contributed by atoms with Crippen LogP contribution in [0.2, 0.25) is 5.02 Å². The van der Waals surface area contributed by atoms with Crippen LogP contribution in [-0.2, 0) is 17.6 Å². The Morgan fingerprint density at radius 1 is 1.23 bits per heavy atom. The lowest BCUT2D eigenvalue weighted by atomic mass is 9.49. The Bertz CT molecular complexity index is 1510. The highest BCUT2D eigenvalue weighted by Crippen LogP contribution is 2.59. The molecule has 4 fully saturated rings. The number of benzene rings is 1. The van der Waals surface area contributed by atoms with E-state index in [1.807, 2.05) is 6.07 Å². The standard InChI is InChI=1S/C31H36ClN3O3S2/c1-17-3-5-22-25(7-17)40-28-27(22)29(37)35(21-4-6-24(38-2)23(32)11-21)30(34-28)39-15-26(36)33-16-31-12-18-8-19(13-31)10-20(9-18)14-31/h4,6,11,17-20H,3,5,7-10,12-16H2,1-2H3,(H,33,36)/t17-,18?,19?,20?,31?/m0/s1. The third-order valence-corrected chi connectivity index (χ3v) is 12.2. The number of nitrogens with one attached hydrogen (secondary N) is 1. The van der Waals surface area contributed by atoms with E-state index in [0.29, 0.717) is 32.9 Å². The van der Waals surface area contributed by atoms with Gasteiger partial charge in [-0.25, -0.2) is 4.98 Å². The molecule has 1 amide bonds. The van der Waals surface area contributed by atoms with Gasteiger partial charge < -0.3 is 10.1 Å². The fourth-order valence-electron chi connectivity index (χ4n) is 8.46. The Kier molecular flexibility index (Phi) is 6.95. The van der Waals surface area contributed by atoms with Crippen LogP contribution in [0.4, 0.5) is 0 Å². The quantitative estimate of drug-likeness (QED) is 0.244. The molecule has 3 aromatic rings. The van der Waals surface area contributed by atoms with E-state index in [2.05, 4.69) is 12.2 Å². The first-order valence-corrected chi connectivity index (χ1v) is 16.8. The minimum absolute atomic E-state index is 0.00806. The minimum atomic E-state index is -0.0882. The number of thioether (sulfide) groups is 1. The SMILES string of the molecule is COc1ccc(-n2c(SCC(=O)NCC34CC5CC(CC(C5)C3)C4)nc3sc4c(c3c2=O)CC[C@H](C)C4)cc1Cl. The highest BCUT2D eigenvalue weighted by molar-refractivity contribution is 7.99. The van der Waals surface area contributed by atoms with Crippen LogP contribution < -0.4 is 15.6 Å². The van der Waals surface area contributed by atoms with Crippen LogP contribution >= 0.6 is 34.7 Å². The number of carbonyl (C=O) groups excluding carboxylic acids is 1. The Hall–Kier alpha value is -2.03. The van der Waals surface area contributed by atoms with Gasteiger partial charge in [0.15, 0.2) is 5.16 Å². The number of thiophene rings is 1. The fraction of sp³-hybridized carbons (Fsp3) is 0.581. The van der Waals surface area contributed by atoms with Crippen molar-refractivity contribution in [1.82, 2.24) is 14.9 Å². The number of methoxy groups -OCH3 is 1. The second-order valence-corrected chi connectivity index (χ2v) is 15.3. The van der Waals surface area contributed by atoms with Crippen molar-refractivity contribution in [2.24, 2.45) is 29.1 Å². The van der Waals surface area contributed by atoms with Gasteiger partial charge in [-0.1, -0.05) is 30.3 Å². The number of aryl methyl sites for hydroxylation is 1. The number of rotatable bonds is 7. The summed E-state index contributed by atoms with van der Waals surface area (Å²) in [5, 5.41) is 4.95. The van der Waals surface area contributed by atoms with E-state index in [9.17, 15) is 9.59 Å². The van der Waals surface area contributed by atoms with Crippen molar-refractivity contribution in [2.45, 2.75) is 69.9 Å². The molecule has 2 aromatic heterocycles. The molecule has 40 heavy (non-hydrogen) atoms. The molecule has 0 radical (unpaired) electrons. The van der Waals surface area contributed by atoms with Gasteiger partial charge >= 0.3 is 0 Å². The van der Waals surface area contributed by atoms with Crippen LogP contribution in [0.1, 0.15) is 62.3 Å². The normalized spacial score (nSPS) is 28.6. The molecule has 0 saturated heterocycles. The molecule has 9 heteroatoms. The van der Waals surface area contributed by atoms with Crippen molar-refractivity contribution in [1.29, 1.82) is 0 Å². The second-order valence-electron chi connectivity index (χ2n) is 12.9. The Labute approximate surface area is 248 Å². The molecule has 5 aliphatic carbocycles. The summed E-state index contributed by atoms with van der Waals surface area (Å²) in [6, 6.07) is 5.34. The fourth-order valence-corrected chi connectivity index (χ4v) is 11.0. The first-order valence-electron chi connectivity index (χ1n) is 14.6. The molecular formula is C31H36ClN3O3S2. The van der Waals surface area contributed by atoms with Crippen molar-refractivity contribution in [3.8, 4) is 11.4 Å². The lowest BCUT2D eigenvalue weighted by molar-refractivity contribution is -0.120. The van der Waals surface area contributed by atoms with Gasteiger partial charge in [0, 0.05) is 11.4 Å².